The van der Waals surface area contributed by atoms with Gasteiger partial charge in [-0.2, -0.15) is 11.8 Å². The molecule has 0 bridgehead atoms. The third kappa shape index (κ3) is 4.60. The first kappa shape index (κ1) is 16.1. The summed E-state index contributed by atoms with van der Waals surface area (Å²) in [6, 6.07) is 0.352. The first-order valence-electron chi connectivity index (χ1n) is 7.17. The number of rotatable bonds is 7. The van der Waals surface area contributed by atoms with Gasteiger partial charge in [-0.05, 0) is 19.9 Å². The summed E-state index contributed by atoms with van der Waals surface area (Å²) >= 11 is 1.86. The van der Waals surface area contributed by atoms with Crippen LogP contribution in [0.5, 0.6) is 0 Å². The highest BCUT2D eigenvalue weighted by atomic mass is 32.2. The minimum absolute atomic E-state index is 0.0419. The van der Waals surface area contributed by atoms with Gasteiger partial charge in [-0.25, -0.2) is 4.79 Å². The summed E-state index contributed by atoms with van der Waals surface area (Å²) in [6.45, 7) is 0.0419. The second-order valence-corrected chi connectivity index (χ2v) is 6.52. The third-order valence-electron chi connectivity index (χ3n) is 3.61. The highest BCUT2D eigenvalue weighted by molar-refractivity contribution is 8.00. The summed E-state index contributed by atoms with van der Waals surface area (Å²) in [5, 5.41) is 8.87. The van der Waals surface area contributed by atoms with Crippen LogP contribution in [-0.4, -0.2) is 54.6 Å². The summed E-state index contributed by atoms with van der Waals surface area (Å²) in [5.41, 5.74) is 0. The van der Waals surface area contributed by atoms with E-state index in [-0.39, 0.29) is 31.1 Å². The summed E-state index contributed by atoms with van der Waals surface area (Å²) in [5.74, 6) is -0.0753. The van der Waals surface area contributed by atoms with Crippen LogP contribution in [0.2, 0.25) is 0 Å². The molecular weight excluding hydrogens is 294 g/mol. The van der Waals surface area contributed by atoms with Gasteiger partial charge in [0, 0.05) is 17.4 Å². The van der Waals surface area contributed by atoms with Gasteiger partial charge in [0.15, 0.2) is 0 Å². The molecule has 118 valence electrons. The molecule has 2 amide bonds. The summed E-state index contributed by atoms with van der Waals surface area (Å²) in [7, 11) is 1.62. The number of likely N-dealkylation sites (N-methyl/N-ethyl adjacent to an activating group) is 1. The van der Waals surface area contributed by atoms with Crippen LogP contribution in [0.4, 0.5) is 4.79 Å². The van der Waals surface area contributed by atoms with Crippen molar-refractivity contribution >= 4 is 29.7 Å². The number of ether oxygens (including phenoxy) is 1. The monoisotopic (exact) mass is 315 g/mol. The fourth-order valence-corrected chi connectivity index (χ4v) is 4.16. The third-order valence-corrected chi connectivity index (χ3v) is 5.12. The molecule has 2 fully saturated rings. The van der Waals surface area contributed by atoms with Crippen molar-refractivity contribution in [3.05, 3.63) is 0 Å². The lowest BCUT2D eigenvalue weighted by atomic mass is 10.0. The molecule has 0 aliphatic carbocycles. The molecule has 2 aliphatic rings. The van der Waals surface area contributed by atoms with Crippen molar-refractivity contribution < 1.29 is 19.1 Å². The Morgan fingerprint density at radius 1 is 1.33 bits per heavy atom. The molecule has 0 saturated carbocycles. The molecule has 0 spiro atoms. The van der Waals surface area contributed by atoms with E-state index in [1.54, 1.807) is 7.05 Å². The maximum absolute atomic E-state index is 11.4. The minimum atomic E-state index is -0.545. The lowest BCUT2D eigenvalue weighted by Crippen LogP contribution is -2.36. The van der Waals surface area contributed by atoms with E-state index in [4.69, 9.17) is 0 Å². The number of hydrogen-bond acceptors (Lipinski definition) is 6. The Bertz CT molecular complexity index is 418. The number of hydrogen-bond donors (Lipinski definition) is 3. The predicted molar refractivity (Wildman–Crippen MR) is 79.0 cm³/mol. The number of urea groups is 1. The van der Waals surface area contributed by atoms with Crippen LogP contribution in [0.15, 0.2) is 0 Å². The molecule has 8 heteroatoms. The Labute approximate surface area is 127 Å². The van der Waals surface area contributed by atoms with Gasteiger partial charge in [0.05, 0.1) is 18.6 Å². The van der Waals surface area contributed by atoms with Crippen molar-refractivity contribution in [2.24, 2.45) is 0 Å². The van der Waals surface area contributed by atoms with E-state index in [2.05, 4.69) is 20.7 Å². The van der Waals surface area contributed by atoms with E-state index in [0.717, 1.165) is 18.6 Å². The quantitative estimate of drug-likeness (QED) is 0.265. The van der Waals surface area contributed by atoms with E-state index < -0.39 is 11.9 Å². The SMILES string of the molecule is CNCC(=O)OC(=O)CCCC[C@@H]1SC[C@@H]2NC(=O)N[C@@H]21. The van der Waals surface area contributed by atoms with Gasteiger partial charge >= 0.3 is 18.0 Å². The zero-order valence-electron chi connectivity index (χ0n) is 12.0. The van der Waals surface area contributed by atoms with Gasteiger partial charge in [-0.15, -0.1) is 0 Å². The van der Waals surface area contributed by atoms with Gasteiger partial charge in [-0.1, -0.05) is 6.42 Å². The maximum atomic E-state index is 11.4. The molecule has 21 heavy (non-hydrogen) atoms. The van der Waals surface area contributed by atoms with Crippen LogP contribution in [0.3, 0.4) is 0 Å². The summed E-state index contributed by atoms with van der Waals surface area (Å²) < 4.78 is 4.63. The molecular formula is C13H21N3O4S. The summed E-state index contributed by atoms with van der Waals surface area (Å²) in [4.78, 5) is 33.7. The fraction of sp³-hybridized carbons (Fsp3) is 0.769. The number of carbonyl (C=O) groups excluding carboxylic acids is 3. The van der Waals surface area contributed by atoms with Crippen molar-refractivity contribution in [1.82, 2.24) is 16.0 Å². The average Bonchev–Trinajstić information content (AvgIpc) is 2.94. The lowest BCUT2D eigenvalue weighted by molar-refractivity contribution is -0.158. The van der Waals surface area contributed by atoms with Crippen molar-refractivity contribution in [1.29, 1.82) is 0 Å². The first-order chi connectivity index (χ1) is 10.1. The number of esters is 2. The number of nitrogens with one attached hydrogen (secondary N) is 3. The zero-order valence-corrected chi connectivity index (χ0v) is 12.8. The van der Waals surface area contributed by atoms with E-state index in [1.165, 1.54) is 0 Å². The predicted octanol–water partition coefficient (Wildman–Crippen LogP) is 0.00140. The Hall–Kier alpha value is -1.28. The molecule has 0 radical (unpaired) electrons. The van der Waals surface area contributed by atoms with Crippen LogP contribution in [0.25, 0.3) is 0 Å². The van der Waals surface area contributed by atoms with E-state index >= 15 is 0 Å². The number of unbranched alkanes of at least 4 members (excludes halogenated alkanes) is 1. The Morgan fingerprint density at radius 3 is 2.90 bits per heavy atom. The van der Waals surface area contributed by atoms with Crippen molar-refractivity contribution in [2.45, 2.75) is 43.0 Å². The molecule has 2 saturated heterocycles. The highest BCUT2D eigenvalue weighted by Gasteiger charge is 2.42. The normalized spacial score (nSPS) is 26.9. The van der Waals surface area contributed by atoms with Crippen molar-refractivity contribution in [3.8, 4) is 0 Å². The fourth-order valence-electron chi connectivity index (χ4n) is 2.62. The van der Waals surface area contributed by atoms with Crippen molar-refractivity contribution in [3.63, 3.8) is 0 Å². The first-order valence-corrected chi connectivity index (χ1v) is 8.21. The van der Waals surface area contributed by atoms with Crippen LogP contribution in [0, 0.1) is 0 Å². The summed E-state index contributed by atoms with van der Waals surface area (Å²) in [6.07, 6.45) is 2.78. The molecule has 2 heterocycles. The molecule has 7 nitrogen and oxygen atoms in total. The lowest BCUT2D eigenvalue weighted by Gasteiger charge is -2.16. The number of carbonyl (C=O) groups is 3. The smallest absolute Gasteiger partial charge is 0.327 e. The van der Waals surface area contributed by atoms with Crippen LogP contribution in [-0.2, 0) is 14.3 Å². The average molecular weight is 315 g/mol. The van der Waals surface area contributed by atoms with Gasteiger partial charge < -0.3 is 20.7 Å². The van der Waals surface area contributed by atoms with Crippen molar-refractivity contribution in [2.75, 3.05) is 19.3 Å². The van der Waals surface area contributed by atoms with Gasteiger partial charge in [-0.3, -0.25) is 9.59 Å². The molecule has 0 aromatic rings. The van der Waals surface area contributed by atoms with E-state index in [9.17, 15) is 14.4 Å². The van der Waals surface area contributed by atoms with Crippen LogP contribution < -0.4 is 16.0 Å². The standard InChI is InChI=1S/C13H21N3O4S/c1-14-6-11(18)20-10(17)5-3-2-4-9-12-8(7-21-9)15-13(19)16-12/h8-9,12,14H,2-7H2,1H3,(H2,15,16,19)/t8-,9-,12-/m0/s1. The van der Waals surface area contributed by atoms with Gasteiger partial charge in [0.25, 0.3) is 0 Å². The van der Waals surface area contributed by atoms with Crippen LogP contribution in [0.1, 0.15) is 25.7 Å². The molecule has 0 aromatic heterocycles. The largest absolute Gasteiger partial charge is 0.392 e. The Morgan fingerprint density at radius 2 is 2.14 bits per heavy atom. The minimum Gasteiger partial charge on any atom is -0.392 e. The topological polar surface area (TPSA) is 96.5 Å². The van der Waals surface area contributed by atoms with Gasteiger partial charge in [0.2, 0.25) is 0 Å². The molecule has 2 rings (SSSR count). The Balaban J connectivity index is 1.59. The highest BCUT2D eigenvalue weighted by Crippen LogP contribution is 2.33. The molecule has 3 N–H and O–H groups in total. The second-order valence-electron chi connectivity index (χ2n) is 5.24. The number of fused-ring (bicyclic) bond motifs is 1. The second kappa shape index (κ2) is 7.65. The zero-order chi connectivity index (χ0) is 15.2. The molecule has 3 atom stereocenters. The van der Waals surface area contributed by atoms with Gasteiger partial charge in [0.1, 0.15) is 0 Å². The van der Waals surface area contributed by atoms with Crippen LogP contribution >= 0.6 is 11.8 Å². The molecule has 0 aromatic carbocycles. The molecule has 2 aliphatic heterocycles. The Kier molecular flexibility index (Phi) is 5.86. The van der Waals surface area contributed by atoms with E-state index in [1.807, 2.05) is 11.8 Å². The number of amides is 2. The van der Waals surface area contributed by atoms with E-state index in [0.29, 0.717) is 11.7 Å². The number of thioether (sulfide) groups is 1. The maximum Gasteiger partial charge on any atom is 0.327 e. The molecule has 0 unspecified atom stereocenters.